The average Bonchev–Trinajstić information content (AvgIpc) is 2.42. The molecule has 0 spiro atoms. The van der Waals surface area contributed by atoms with Gasteiger partial charge in [-0.1, -0.05) is 22.0 Å². The van der Waals surface area contributed by atoms with Crippen molar-refractivity contribution in [1.82, 2.24) is 5.43 Å². The van der Waals surface area contributed by atoms with E-state index in [0.717, 1.165) is 42.3 Å². The molecule has 106 valence electrons. The van der Waals surface area contributed by atoms with Crippen molar-refractivity contribution in [3.8, 4) is 0 Å². The molecule has 1 aromatic rings. The third-order valence-electron chi connectivity index (χ3n) is 3.54. The van der Waals surface area contributed by atoms with E-state index >= 15 is 0 Å². The largest absolute Gasteiger partial charge is 0.378 e. The Kier molecular flexibility index (Phi) is 5.76. The lowest BCUT2D eigenvalue weighted by molar-refractivity contribution is 0.00523. The second-order valence-corrected chi connectivity index (χ2v) is 5.88. The monoisotopic (exact) mass is 330 g/mol. The van der Waals surface area contributed by atoms with Gasteiger partial charge in [-0.05, 0) is 49.8 Å². The number of nitrogens with one attached hydrogen (secondary N) is 1. The summed E-state index contributed by atoms with van der Waals surface area (Å²) in [5.41, 5.74) is 3.90. The lowest BCUT2D eigenvalue weighted by Gasteiger charge is -2.27. The minimum Gasteiger partial charge on any atom is -0.378 e. The van der Waals surface area contributed by atoms with Crippen molar-refractivity contribution in [1.29, 1.82) is 0 Å². The molecule has 1 saturated heterocycles. The lowest BCUT2D eigenvalue weighted by atomic mass is 9.97. The van der Waals surface area contributed by atoms with Crippen molar-refractivity contribution >= 4 is 15.9 Å². The summed E-state index contributed by atoms with van der Waals surface area (Å²) >= 11 is 3.39. The highest BCUT2D eigenvalue weighted by Crippen LogP contribution is 2.22. The predicted octanol–water partition coefficient (Wildman–Crippen LogP) is 2.92. The zero-order chi connectivity index (χ0) is 13.7. The summed E-state index contributed by atoms with van der Waals surface area (Å²) in [4.78, 5) is 0. The van der Waals surface area contributed by atoms with Crippen LogP contribution in [0.2, 0.25) is 0 Å². The fourth-order valence-corrected chi connectivity index (χ4v) is 2.99. The number of rotatable bonds is 5. The Morgan fingerprint density at radius 1 is 1.47 bits per heavy atom. The maximum Gasteiger partial charge on any atom is 0.124 e. The van der Waals surface area contributed by atoms with E-state index in [1.54, 1.807) is 6.07 Å². The van der Waals surface area contributed by atoms with Crippen LogP contribution < -0.4 is 11.3 Å². The van der Waals surface area contributed by atoms with E-state index in [1.807, 2.05) is 0 Å². The molecule has 2 atom stereocenters. The van der Waals surface area contributed by atoms with Gasteiger partial charge in [0.1, 0.15) is 5.82 Å². The Bertz CT molecular complexity index is 410. The number of hydrogen-bond acceptors (Lipinski definition) is 3. The van der Waals surface area contributed by atoms with Gasteiger partial charge in [0.15, 0.2) is 0 Å². The summed E-state index contributed by atoms with van der Waals surface area (Å²) < 4.78 is 19.6. The number of halogens is 2. The Labute approximate surface area is 121 Å². The van der Waals surface area contributed by atoms with Crippen LogP contribution in [0.4, 0.5) is 4.39 Å². The molecule has 5 heteroatoms. The Hall–Kier alpha value is -0.490. The van der Waals surface area contributed by atoms with Gasteiger partial charge in [-0.3, -0.25) is 11.3 Å². The molecule has 0 amide bonds. The molecule has 0 bridgehead atoms. The van der Waals surface area contributed by atoms with Gasteiger partial charge in [0.2, 0.25) is 0 Å². The highest BCUT2D eigenvalue weighted by atomic mass is 79.9. The smallest absolute Gasteiger partial charge is 0.124 e. The summed E-state index contributed by atoms with van der Waals surface area (Å²) in [7, 11) is 0. The topological polar surface area (TPSA) is 47.3 Å². The first-order chi connectivity index (χ1) is 9.19. The van der Waals surface area contributed by atoms with Crippen LogP contribution in [0, 0.1) is 5.82 Å². The van der Waals surface area contributed by atoms with Crippen LogP contribution in [0.5, 0.6) is 0 Å². The number of benzene rings is 1. The average molecular weight is 331 g/mol. The van der Waals surface area contributed by atoms with E-state index in [9.17, 15) is 4.39 Å². The molecule has 0 radical (unpaired) electrons. The second kappa shape index (κ2) is 7.33. The van der Waals surface area contributed by atoms with Gasteiger partial charge in [-0.2, -0.15) is 0 Å². The summed E-state index contributed by atoms with van der Waals surface area (Å²) in [6.07, 6.45) is 5.41. The molecule has 2 rings (SSSR count). The van der Waals surface area contributed by atoms with Crippen LogP contribution in [-0.4, -0.2) is 18.8 Å². The fraction of sp³-hybridized carbons (Fsp3) is 0.571. The Morgan fingerprint density at radius 3 is 2.95 bits per heavy atom. The number of ether oxygens (including phenoxy) is 1. The molecule has 0 saturated carbocycles. The van der Waals surface area contributed by atoms with E-state index in [1.165, 1.54) is 18.6 Å². The summed E-state index contributed by atoms with van der Waals surface area (Å²) in [5, 5.41) is 0. The minimum absolute atomic E-state index is 0.143. The third kappa shape index (κ3) is 4.53. The highest BCUT2D eigenvalue weighted by Gasteiger charge is 2.19. The number of hydrogen-bond donors (Lipinski definition) is 2. The molecular formula is C14H20BrFN2O. The summed E-state index contributed by atoms with van der Waals surface area (Å²) in [6, 6.07) is 4.90. The van der Waals surface area contributed by atoms with Gasteiger partial charge >= 0.3 is 0 Å². The third-order valence-corrected chi connectivity index (χ3v) is 4.28. The lowest BCUT2D eigenvalue weighted by Crippen LogP contribution is -2.40. The van der Waals surface area contributed by atoms with Crippen LogP contribution in [-0.2, 0) is 11.2 Å². The van der Waals surface area contributed by atoms with Gasteiger partial charge in [0.25, 0.3) is 0 Å². The van der Waals surface area contributed by atoms with Gasteiger partial charge in [-0.25, -0.2) is 4.39 Å². The van der Waals surface area contributed by atoms with E-state index < -0.39 is 0 Å². The summed E-state index contributed by atoms with van der Waals surface area (Å²) in [5.74, 6) is 5.39. The van der Waals surface area contributed by atoms with Crippen LogP contribution in [0.25, 0.3) is 0 Å². The van der Waals surface area contributed by atoms with Crippen LogP contribution in [0.3, 0.4) is 0 Å². The van der Waals surface area contributed by atoms with E-state index in [0.29, 0.717) is 0 Å². The van der Waals surface area contributed by atoms with Crippen LogP contribution in [0.15, 0.2) is 22.7 Å². The molecule has 1 aliphatic rings. The molecule has 2 unspecified atom stereocenters. The van der Waals surface area contributed by atoms with Crippen molar-refractivity contribution < 1.29 is 9.13 Å². The van der Waals surface area contributed by atoms with Crippen LogP contribution >= 0.6 is 15.9 Å². The molecule has 3 nitrogen and oxygen atoms in total. The molecule has 1 aromatic carbocycles. The number of nitrogens with two attached hydrogens (primary N) is 1. The molecule has 19 heavy (non-hydrogen) atoms. The van der Waals surface area contributed by atoms with E-state index in [4.69, 9.17) is 10.6 Å². The van der Waals surface area contributed by atoms with Gasteiger partial charge < -0.3 is 4.74 Å². The minimum atomic E-state index is -0.233. The molecule has 1 heterocycles. The van der Waals surface area contributed by atoms with Crippen molar-refractivity contribution in [3.05, 3.63) is 34.1 Å². The first-order valence-electron chi connectivity index (χ1n) is 6.70. The standard InChI is InChI=1S/C14H20BrFN2O/c15-14-8-11(16)5-4-10(14)7-12(18-17)9-13-3-1-2-6-19-13/h4-5,8,12-13,18H,1-3,6-7,9,17H2. The Morgan fingerprint density at radius 2 is 2.32 bits per heavy atom. The Balaban J connectivity index is 1.94. The molecule has 3 N–H and O–H groups in total. The highest BCUT2D eigenvalue weighted by molar-refractivity contribution is 9.10. The van der Waals surface area contributed by atoms with Crippen molar-refractivity contribution in [2.24, 2.45) is 5.84 Å². The van der Waals surface area contributed by atoms with Crippen molar-refractivity contribution in [3.63, 3.8) is 0 Å². The SMILES string of the molecule is NNC(Cc1ccc(F)cc1Br)CC1CCCCO1. The first kappa shape index (κ1) is 14.9. The molecule has 0 aromatic heterocycles. The van der Waals surface area contributed by atoms with Gasteiger partial charge in [-0.15, -0.1) is 0 Å². The maximum atomic E-state index is 13.0. The zero-order valence-corrected chi connectivity index (χ0v) is 12.5. The van der Waals surface area contributed by atoms with E-state index in [2.05, 4.69) is 21.4 Å². The number of hydrazine groups is 1. The quantitative estimate of drug-likeness (QED) is 0.644. The van der Waals surface area contributed by atoms with Gasteiger partial charge in [0, 0.05) is 17.1 Å². The van der Waals surface area contributed by atoms with Crippen LogP contribution in [0.1, 0.15) is 31.2 Å². The normalized spacial score (nSPS) is 21.3. The second-order valence-electron chi connectivity index (χ2n) is 5.03. The van der Waals surface area contributed by atoms with Gasteiger partial charge in [0.05, 0.1) is 6.10 Å². The molecule has 1 fully saturated rings. The zero-order valence-electron chi connectivity index (χ0n) is 10.9. The summed E-state index contributed by atoms with van der Waals surface area (Å²) in [6.45, 7) is 0.849. The van der Waals surface area contributed by atoms with Crippen molar-refractivity contribution in [2.75, 3.05) is 6.61 Å². The predicted molar refractivity (Wildman–Crippen MR) is 77.1 cm³/mol. The van der Waals surface area contributed by atoms with E-state index in [-0.39, 0.29) is 18.0 Å². The maximum absolute atomic E-state index is 13.0. The first-order valence-corrected chi connectivity index (χ1v) is 7.50. The molecule has 1 aliphatic heterocycles. The van der Waals surface area contributed by atoms with Crippen molar-refractivity contribution in [2.45, 2.75) is 44.2 Å². The molecular weight excluding hydrogens is 311 g/mol. The fourth-order valence-electron chi connectivity index (χ4n) is 2.47. The molecule has 0 aliphatic carbocycles.